The summed E-state index contributed by atoms with van der Waals surface area (Å²) in [4.78, 5) is 4.41. The third-order valence-electron chi connectivity index (χ3n) is 3.50. The standard InChI is InChI=1S/C16H13F3N2O/c1-10-2-7-14-20-15(13(9-22)21(14)8-10)11-3-5-12(6-4-11)16(17,18)19/h2-8,22H,9H2,1H3. The van der Waals surface area contributed by atoms with E-state index >= 15 is 0 Å². The zero-order valence-electron chi connectivity index (χ0n) is 11.7. The zero-order valence-corrected chi connectivity index (χ0v) is 11.7. The Balaban J connectivity index is 2.13. The van der Waals surface area contributed by atoms with E-state index in [0.29, 0.717) is 22.6 Å². The third kappa shape index (κ3) is 2.46. The Morgan fingerprint density at radius 3 is 2.36 bits per heavy atom. The van der Waals surface area contributed by atoms with Crippen LogP contribution in [0.3, 0.4) is 0 Å². The van der Waals surface area contributed by atoms with Crippen molar-refractivity contribution in [2.75, 3.05) is 0 Å². The quantitative estimate of drug-likeness (QED) is 0.781. The summed E-state index contributed by atoms with van der Waals surface area (Å²) in [6.07, 6.45) is -2.53. The van der Waals surface area contributed by atoms with E-state index in [-0.39, 0.29) is 6.61 Å². The highest BCUT2D eigenvalue weighted by molar-refractivity contribution is 5.67. The number of benzene rings is 1. The zero-order chi connectivity index (χ0) is 15.9. The molecule has 0 aliphatic heterocycles. The molecule has 0 radical (unpaired) electrons. The van der Waals surface area contributed by atoms with Crippen molar-refractivity contribution in [3.63, 3.8) is 0 Å². The molecule has 0 bridgehead atoms. The molecule has 0 spiro atoms. The first-order chi connectivity index (χ1) is 10.4. The van der Waals surface area contributed by atoms with Crippen molar-refractivity contribution < 1.29 is 18.3 Å². The first-order valence-electron chi connectivity index (χ1n) is 6.66. The minimum atomic E-state index is -4.37. The van der Waals surface area contributed by atoms with E-state index in [1.807, 2.05) is 25.3 Å². The van der Waals surface area contributed by atoms with E-state index in [1.165, 1.54) is 12.1 Å². The van der Waals surface area contributed by atoms with Gasteiger partial charge in [-0.3, -0.25) is 0 Å². The number of imidazole rings is 1. The second-order valence-corrected chi connectivity index (χ2v) is 5.07. The Morgan fingerprint density at radius 2 is 1.77 bits per heavy atom. The molecule has 1 aromatic carbocycles. The van der Waals surface area contributed by atoms with Gasteiger partial charge in [-0.1, -0.05) is 18.2 Å². The van der Waals surface area contributed by atoms with Gasteiger partial charge < -0.3 is 9.51 Å². The van der Waals surface area contributed by atoms with Gasteiger partial charge in [0, 0.05) is 11.8 Å². The molecule has 6 heteroatoms. The van der Waals surface area contributed by atoms with Gasteiger partial charge in [0.25, 0.3) is 0 Å². The number of alkyl halides is 3. The predicted octanol–water partition coefficient (Wildman–Crippen LogP) is 3.82. The SMILES string of the molecule is Cc1ccc2nc(-c3ccc(C(F)(F)F)cc3)c(CO)n2c1. The second-order valence-electron chi connectivity index (χ2n) is 5.07. The van der Waals surface area contributed by atoms with E-state index in [4.69, 9.17) is 0 Å². The van der Waals surface area contributed by atoms with Crippen molar-refractivity contribution in [1.82, 2.24) is 9.38 Å². The molecule has 0 aliphatic carbocycles. The largest absolute Gasteiger partial charge is 0.416 e. The molecule has 0 amide bonds. The summed E-state index contributed by atoms with van der Waals surface area (Å²) in [6, 6.07) is 8.48. The third-order valence-corrected chi connectivity index (χ3v) is 3.50. The number of aromatic nitrogens is 2. The van der Waals surface area contributed by atoms with Crippen LogP contribution in [0.25, 0.3) is 16.9 Å². The molecule has 0 atom stereocenters. The van der Waals surface area contributed by atoms with E-state index < -0.39 is 11.7 Å². The fraction of sp³-hybridized carbons (Fsp3) is 0.188. The predicted molar refractivity (Wildman–Crippen MR) is 76.3 cm³/mol. The number of aliphatic hydroxyl groups excluding tert-OH is 1. The van der Waals surface area contributed by atoms with Crippen LogP contribution in [0.5, 0.6) is 0 Å². The maximum atomic E-state index is 12.6. The molecule has 0 aliphatic rings. The van der Waals surface area contributed by atoms with E-state index in [9.17, 15) is 18.3 Å². The Kier molecular flexibility index (Phi) is 3.41. The normalized spacial score (nSPS) is 12.0. The van der Waals surface area contributed by atoms with Gasteiger partial charge >= 0.3 is 6.18 Å². The average molecular weight is 306 g/mol. The summed E-state index contributed by atoms with van der Waals surface area (Å²) in [7, 11) is 0. The van der Waals surface area contributed by atoms with Gasteiger partial charge in [-0.25, -0.2) is 4.98 Å². The molecule has 22 heavy (non-hydrogen) atoms. The van der Waals surface area contributed by atoms with Crippen molar-refractivity contribution >= 4 is 5.65 Å². The fourth-order valence-electron chi connectivity index (χ4n) is 2.40. The van der Waals surface area contributed by atoms with E-state index in [1.54, 1.807) is 4.40 Å². The van der Waals surface area contributed by atoms with Gasteiger partial charge in [0.15, 0.2) is 0 Å². The molecule has 1 N–H and O–H groups in total. The average Bonchev–Trinajstić information content (AvgIpc) is 2.84. The number of hydrogen-bond acceptors (Lipinski definition) is 2. The molecule has 3 aromatic rings. The van der Waals surface area contributed by atoms with Gasteiger partial charge in [-0.05, 0) is 30.7 Å². The monoisotopic (exact) mass is 306 g/mol. The molecular formula is C16H13F3N2O. The molecule has 114 valence electrons. The number of pyridine rings is 1. The Bertz CT molecular complexity index is 820. The van der Waals surface area contributed by atoms with Crippen LogP contribution in [-0.4, -0.2) is 14.5 Å². The van der Waals surface area contributed by atoms with Crippen LogP contribution in [0, 0.1) is 6.92 Å². The van der Waals surface area contributed by atoms with Crippen molar-refractivity contribution in [2.24, 2.45) is 0 Å². The maximum absolute atomic E-state index is 12.6. The summed E-state index contributed by atoms with van der Waals surface area (Å²) in [5.74, 6) is 0. The summed E-state index contributed by atoms with van der Waals surface area (Å²) in [6.45, 7) is 1.67. The summed E-state index contributed by atoms with van der Waals surface area (Å²) in [5, 5.41) is 9.60. The minimum absolute atomic E-state index is 0.249. The highest BCUT2D eigenvalue weighted by Gasteiger charge is 2.30. The molecule has 0 unspecified atom stereocenters. The molecular weight excluding hydrogens is 293 g/mol. The first kappa shape index (κ1) is 14.6. The van der Waals surface area contributed by atoms with Crippen LogP contribution < -0.4 is 0 Å². The number of rotatable bonds is 2. The lowest BCUT2D eigenvalue weighted by Crippen LogP contribution is -2.04. The fourth-order valence-corrected chi connectivity index (χ4v) is 2.40. The van der Waals surface area contributed by atoms with Gasteiger partial charge in [0.05, 0.1) is 23.6 Å². The minimum Gasteiger partial charge on any atom is -0.390 e. The molecule has 3 nitrogen and oxygen atoms in total. The lowest BCUT2D eigenvalue weighted by molar-refractivity contribution is -0.137. The topological polar surface area (TPSA) is 37.5 Å². The number of aliphatic hydroxyl groups is 1. The number of aryl methyl sites for hydroxylation is 1. The molecule has 2 heterocycles. The lowest BCUT2D eigenvalue weighted by atomic mass is 10.1. The van der Waals surface area contributed by atoms with Crippen LogP contribution in [-0.2, 0) is 12.8 Å². The molecule has 0 saturated carbocycles. The number of fused-ring (bicyclic) bond motifs is 1. The van der Waals surface area contributed by atoms with Crippen LogP contribution >= 0.6 is 0 Å². The highest BCUT2D eigenvalue weighted by Crippen LogP contribution is 2.32. The van der Waals surface area contributed by atoms with Crippen molar-refractivity contribution in [2.45, 2.75) is 19.7 Å². The van der Waals surface area contributed by atoms with Crippen LogP contribution in [0.1, 0.15) is 16.8 Å². The highest BCUT2D eigenvalue weighted by atomic mass is 19.4. The van der Waals surface area contributed by atoms with Crippen molar-refractivity contribution in [3.05, 3.63) is 59.4 Å². The van der Waals surface area contributed by atoms with Crippen molar-refractivity contribution in [1.29, 1.82) is 0 Å². The van der Waals surface area contributed by atoms with E-state index in [2.05, 4.69) is 4.98 Å². The van der Waals surface area contributed by atoms with Crippen molar-refractivity contribution in [3.8, 4) is 11.3 Å². The van der Waals surface area contributed by atoms with Gasteiger partial charge in [0.1, 0.15) is 5.65 Å². The molecule has 0 fully saturated rings. The maximum Gasteiger partial charge on any atom is 0.416 e. The summed E-state index contributed by atoms with van der Waals surface area (Å²) < 4.78 is 39.6. The molecule has 2 aromatic heterocycles. The smallest absolute Gasteiger partial charge is 0.390 e. The van der Waals surface area contributed by atoms with Gasteiger partial charge in [-0.15, -0.1) is 0 Å². The summed E-state index contributed by atoms with van der Waals surface area (Å²) in [5.41, 5.74) is 2.52. The number of hydrogen-bond donors (Lipinski definition) is 1. The van der Waals surface area contributed by atoms with Crippen LogP contribution in [0.15, 0.2) is 42.6 Å². The van der Waals surface area contributed by atoms with Crippen LogP contribution in [0.4, 0.5) is 13.2 Å². The summed E-state index contributed by atoms with van der Waals surface area (Å²) >= 11 is 0. The molecule has 3 rings (SSSR count). The van der Waals surface area contributed by atoms with E-state index in [0.717, 1.165) is 17.7 Å². The van der Waals surface area contributed by atoms with Crippen LogP contribution in [0.2, 0.25) is 0 Å². The first-order valence-corrected chi connectivity index (χ1v) is 6.66. The molecule has 0 saturated heterocycles. The Hall–Kier alpha value is -2.34. The number of halogens is 3. The Morgan fingerprint density at radius 1 is 1.09 bits per heavy atom. The number of nitrogens with zero attached hydrogens (tertiary/aromatic N) is 2. The second kappa shape index (κ2) is 5.14. The lowest BCUT2D eigenvalue weighted by Gasteiger charge is -2.07. The van der Waals surface area contributed by atoms with Gasteiger partial charge in [-0.2, -0.15) is 13.2 Å². The van der Waals surface area contributed by atoms with Gasteiger partial charge in [0.2, 0.25) is 0 Å². The Labute approximate surface area is 124 Å².